The Balaban J connectivity index is 1.41. The number of hydrogen-bond donors (Lipinski definition) is 0. The number of benzene rings is 2. The summed E-state index contributed by atoms with van der Waals surface area (Å²) in [7, 11) is 1.83. The van der Waals surface area contributed by atoms with Gasteiger partial charge in [-0.15, -0.1) is 13.2 Å². The summed E-state index contributed by atoms with van der Waals surface area (Å²) >= 11 is 6.08. The Morgan fingerprint density at radius 1 is 1.10 bits per heavy atom. The lowest BCUT2D eigenvalue weighted by molar-refractivity contribution is -0.274. The molecule has 226 valence electrons. The molecule has 0 spiro atoms. The fourth-order valence-electron chi connectivity index (χ4n) is 4.89. The predicted molar refractivity (Wildman–Crippen MR) is 149 cm³/mol. The maximum absolute atomic E-state index is 14.0. The summed E-state index contributed by atoms with van der Waals surface area (Å²) in [5, 5.41) is 0.559. The molecule has 5 rings (SSSR count). The Morgan fingerprint density at radius 2 is 1.88 bits per heavy atom. The van der Waals surface area contributed by atoms with Crippen molar-refractivity contribution in [3.05, 3.63) is 64.8 Å². The predicted octanol–water partition coefficient (Wildman–Crippen LogP) is 6.10. The Morgan fingerprint density at radius 3 is 2.62 bits per heavy atom. The molecule has 0 aliphatic carbocycles. The van der Waals surface area contributed by atoms with Crippen LogP contribution in [0.25, 0.3) is 0 Å². The van der Waals surface area contributed by atoms with E-state index in [-0.39, 0.29) is 30.5 Å². The van der Waals surface area contributed by atoms with Gasteiger partial charge in [-0.05, 0) is 55.5 Å². The highest BCUT2D eigenvalue weighted by Gasteiger charge is 2.34. The zero-order valence-electron chi connectivity index (χ0n) is 23.1. The number of amides is 1. The van der Waals surface area contributed by atoms with Crippen molar-refractivity contribution >= 4 is 23.3 Å². The van der Waals surface area contributed by atoms with Crippen molar-refractivity contribution in [2.24, 2.45) is 0 Å². The Bertz CT molecular complexity index is 1360. The van der Waals surface area contributed by atoms with Crippen LogP contribution in [0.1, 0.15) is 41.7 Å². The fraction of sp³-hybridized carbons (Fsp3) is 0.448. The van der Waals surface area contributed by atoms with Crippen molar-refractivity contribution < 1.29 is 36.9 Å². The second-order valence-corrected chi connectivity index (χ2v) is 10.6. The van der Waals surface area contributed by atoms with E-state index in [2.05, 4.69) is 9.72 Å². The van der Waals surface area contributed by atoms with Gasteiger partial charge < -0.3 is 28.7 Å². The lowest BCUT2D eigenvalue weighted by Gasteiger charge is -2.24. The molecule has 3 heterocycles. The average Bonchev–Trinajstić information content (AvgIpc) is 3.25. The van der Waals surface area contributed by atoms with E-state index in [1.54, 1.807) is 21.6 Å². The number of likely N-dealkylation sites (N-methyl/N-ethyl adjacent to an activating group) is 1. The quantitative estimate of drug-likeness (QED) is 0.257. The monoisotopic (exact) mass is 608 g/mol. The molecule has 0 N–H and O–H groups in total. The SMILES string of the molecule is CN1CCN(CCCOC2CCCCO2)C(=O)c2c1nc(Oc1cccc(OC(F)(F)F)c1)n2Cc1ccc(Cl)cc1. The topological polar surface area (TPSA) is 78.3 Å². The van der Waals surface area contributed by atoms with E-state index < -0.39 is 12.1 Å². The van der Waals surface area contributed by atoms with Crippen LogP contribution in [0.2, 0.25) is 5.02 Å². The summed E-state index contributed by atoms with van der Waals surface area (Å²) in [4.78, 5) is 22.2. The number of anilines is 1. The molecule has 0 bridgehead atoms. The molecule has 2 aromatic carbocycles. The molecule has 1 saturated heterocycles. The van der Waals surface area contributed by atoms with Crippen LogP contribution in [0.5, 0.6) is 17.5 Å². The van der Waals surface area contributed by atoms with Gasteiger partial charge in [0.1, 0.15) is 11.5 Å². The van der Waals surface area contributed by atoms with E-state index in [1.807, 2.05) is 24.1 Å². The van der Waals surface area contributed by atoms with Crippen LogP contribution < -0.4 is 14.4 Å². The van der Waals surface area contributed by atoms with E-state index in [0.29, 0.717) is 55.8 Å². The lowest BCUT2D eigenvalue weighted by atomic mass is 10.2. The summed E-state index contributed by atoms with van der Waals surface area (Å²) < 4.78 is 61.6. The molecule has 1 unspecified atom stereocenters. The van der Waals surface area contributed by atoms with Crippen molar-refractivity contribution in [1.29, 1.82) is 0 Å². The third-order valence-electron chi connectivity index (χ3n) is 6.99. The molecule has 1 amide bonds. The van der Waals surface area contributed by atoms with Crippen LogP contribution in [-0.2, 0) is 16.0 Å². The molecule has 1 fully saturated rings. The van der Waals surface area contributed by atoms with Gasteiger partial charge in [0.05, 0.1) is 13.2 Å². The molecular weight excluding hydrogens is 577 g/mol. The van der Waals surface area contributed by atoms with Crippen LogP contribution in [0.3, 0.4) is 0 Å². The molecule has 0 radical (unpaired) electrons. The van der Waals surface area contributed by atoms with Crippen molar-refractivity contribution in [1.82, 2.24) is 14.5 Å². The first-order valence-corrected chi connectivity index (χ1v) is 14.2. The zero-order valence-corrected chi connectivity index (χ0v) is 23.9. The number of halogens is 4. The maximum Gasteiger partial charge on any atom is 0.573 e. The lowest BCUT2D eigenvalue weighted by Crippen LogP contribution is -2.36. The minimum absolute atomic E-state index is 0.0546. The van der Waals surface area contributed by atoms with Crippen LogP contribution >= 0.6 is 11.6 Å². The third-order valence-corrected chi connectivity index (χ3v) is 7.24. The highest BCUT2D eigenvalue weighted by molar-refractivity contribution is 6.30. The Hall–Kier alpha value is -3.48. The van der Waals surface area contributed by atoms with Crippen molar-refractivity contribution in [3.63, 3.8) is 0 Å². The second kappa shape index (κ2) is 13.2. The first kappa shape index (κ1) is 30.0. The number of nitrogens with zero attached hydrogens (tertiary/aromatic N) is 4. The van der Waals surface area contributed by atoms with Crippen LogP contribution in [0.4, 0.5) is 19.0 Å². The van der Waals surface area contributed by atoms with E-state index in [9.17, 15) is 18.0 Å². The van der Waals surface area contributed by atoms with Gasteiger partial charge in [-0.2, -0.15) is 4.98 Å². The van der Waals surface area contributed by atoms with Crippen LogP contribution in [0, 0.1) is 0 Å². The van der Waals surface area contributed by atoms with Gasteiger partial charge in [-0.1, -0.05) is 29.8 Å². The van der Waals surface area contributed by atoms with Gasteiger partial charge in [-0.25, -0.2) is 0 Å². The molecule has 3 aromatic rings. The van der Waals surface area contributed by atoms with Gasteiger partial charge in [0, 0.05) is 44.4 Å². The number of ether oxygens (including phenoxy) is 4. The van der Waals surface area contributed by atoms with E-state index in [4.69, 9.17) is 25.8 Å². The molecule has 2 aliphatic rings. The number of alkyl halides is 3. The molecule has 0 saturated carbocycles. The van der Waals surface area contributed by atoms with Crippen LogP contribution in [0.15, 0.2) is 48.5 Å². The number of aromatic nitrogens is 2. The average molecular weight is 609 g/mol. The van der Waals surface area contributed by atoms with Crippen LogP contribution in [-0.4, -0.2) is 72.9 Å². The number of fused-ring (bicyclic) bond motifs is 1. The minimum atomic E-state index is -4.85. The highest BCUT2D eigenvalue weighted by Crippen LogP contribution is 2.34. The highest BCUT2D eigenvalue weighted by atomic mass is 35.5. The Kier molecular flexibility index (Phi) is 9.44. The van der Waals surface area contributed by atoms with Gasteiger partial charge >= 0.3 is 12.4 Å². The maximum atomic E-state index is 14.0. The largest absolute Gasteiger partial charge is 0.573 e. The molecule has 1 atom stereocenters. The van der Waals surface area contributed by atoms with Gasteiger partial charge in [0.15, 0.2) is 17.8 Å². The van der Waals surface area contributed by atoms with Gasteiger partial charge in [-0.3, -0.25) is 9.36 Å². The Labute approximate surface area is 246 Å². The summed E-state index contributed by atoms with van der Waals surface area (Å²) in [5.41, 5.74) is 1.14. The summed E-state index contributed by atoms with van der Waals surface area (Å²) in [6, 6.07) is 12.3. The molecule has 2 aliphatic heterocycles. The summed E-state index contributed by atoms with van der Waals surface area (Å²) in [6.07, 6.45) is -1.43. The molecule has 1 aromatic heterocycles. The number of rotatable bonds is 10. The van der Waals surface area contributed by atoms with Crippen molar-refractivity contribution in [2.75, 3.05) is 44.8 Å². The summed E-state index contributed by atoms with van der Waals surface area (Å²) in [5.74, 6) is -0.171. The third kappa shape index (κ3) is 7.67. The van der Waals surface area contributed by atoms with Crippen molar-refractivity contribution in [2.45, 2.75) is 44.9 Å². The van der Waals surface area contributed by atoms with E-state index in [0.717, 1.165) is 30.9 Å². The minimum Gasteiger partial charge on any atom is -0.425 e. The molecule has 13 heteroatoms. The molecular formula is C29H32ClF3N4O5. The zero-order chi connectivity index (χ0) is 29.7. The summed E-state index contributed by atoms with van der Waals surface area (Å²) in [6.45, 7) is 2.86. The van der Waals surface area contributed by atoms with Crippen molar-refractivity contribution in [3.8, 4) is 17.5 Å². The first-order valence-electron chi connectivity index (χ1n) is 13.8. The van der Waals surface area contributed by atoms with Gasteiger partial charge in [0.2, 0.25) is 0 Å². The fourth-order valence-corrected chi connectivity index (χ4v) is 5.01. The number of carbonyl (C=O) groups excluding carboxylic acids is 1. The normalized spacial score (nSPS) is 17.6. The standard InChI is InChI=1S/C29H32ClF3N4O5/c1-35-14-15-36(13-5-17-40-24-8-2-3-16-39-24)27(38)25-26(35)34-28(37(25)19-20-9-11-21(30)12-10-20)41-22-6-4-7-23(18-22)42-29(31,32)33/h4,6-7,9-12,18,24H,2-3,5,8,13-17,19H2,1H3. The van der Waals surface area contributed by atoms with E-state index in [1.165, 1.54) is 18.2 Å². The van der Waals surface area contributed by atoms with Gasteiger partial charge in [0.25, 0.3) is 5.91 Å². The number of carbonyl (C=O) groups is 1. The number of imidazole rings is 1. The number of hydrogen-bond acceptors (Lipinski definition) is 7. The first-order chi connectivity index (χ1) is 20.2. The second-order valence-electron chi connectivity index (χ2n) is 10.1. The molecule has 9 nitrogen and oxygen atoms in total. The van der Waals surface area contributed by atoms with E-state index >= 15 is 0 Å². The molecule has 42 heavy (non-hydrogen) atoms. The smallest absolute Gasteiger partial charge is 0.425 e.